The molecule has 7 nitrogen and oxygen atoms in total. The molecule has 1 aliphatic rings. The van der Waals surface area contributed by atoms with E-state index in [2.05, 4.69) is 34.5 Å². The molecule has 156 valence electrons. The maximum Gasteiger partial charge on any atom is 0.325 e. The van der Waals surface area contributed by atoms with Gasteiger partial charge < -0.3 is 5.32 Å². The number of hydrogen-bond donors (Lipinski definition) is 2. The average Bonchev–Trinajstić information content (AvgIpc) is 2.70. The smallest absolute Gasteiger partial charge is 0.325 e. The highest BCUT2D eigenvalue weighted by atomic mass is 32.2. The van der Waals surface area contributed by atoms with Gasteiger partial charge in [0, 0.05) is 12.7 Å². The van der Waals surface area contributed by atoms with Gasteiger partial charge in [-0.05, 0) is 62.0 Å². The number of amides is 1. The maximum absolute atomic E-state index is 12.4. The Bertz CT molecular complexity index is 826. The molecule has 0 spiro atoms. The molecule has 2 N–H and O–H groups in total. The predicted molar refractivity (Wildman–Crippen MR) is 115 cm³/mol. The molecule has 8 heteroatoms. The van der Waals surface area contributed by atoms with E-state index in [1.54, 1.807) is 24.3 Å². The standard InChI is InChI=1S/C21H27N3O4S/c1-23(28-29(26)27)20-9-5-8-19(15-20)22-21(25)16-24-12-10-18(11-13-24)14-17-6-3-2-4-7-17/h2-9,15,18H,10-14,16H2,1H3,(H,22,25)(H,26,27). The van der Waals surface area contributed by atoms with Gasteiger partial charge in [-0.25, -0.2) is 5.06 Å². The lowest BCUT2D eigenvalue weighted by molar-refractivity contribution is -0.117. The molecule has 1 saturated heterocycles. The van der Waals surface area contributed by atoms with Crippen LogP contribution in [0.1, 0.15) is 18.4 Å². The molecule has 0 radical (unpaired) electrons. The van der Waals surface area contributed by atoms with Gasteiger partial charge in [-0.1, -0.05) is 36.4 Å². The molecule has 1 unspecified atom stereocenters. The van der Waals surface area contributed by atoms with Crippen LogP contribution in [0.4, 0.5) is 11.4 Å². The van der Waals surface area contributed by atoms with Crippen LogP contribution in [0.5, 0.6) is 0 Å². The summed E-state index contributed by atoms with van der Waals surface area (Å²) in [6, 6.07) is 17.5. The SMILES string of the molecule is CN(OS(=O)O)c1cccc(NC(=O)CN2CCC(Cc3ccccc3)CC2)c1. The zero-order chi connectivity index (χ0) is 20.6. The first-order valence-corrected chi connectivity index (χ1v) is 10.7. The minimum absolute atomic E-state index is 0.0713. The molecular weight excluding hydrogens is 390 g/mol. The van der Waals surface area contributed by atoms with Gasteiger partial charge in [-0.15, -0.1) is 4.28 Å². The largest absolute Gasteiger partial charge is 0.325 e. The number of carbonyl (C=O) groups is 1. The monoisotopic (exact) mass is 417 g/mol. The zero-order valence-corrected chi connectivity index (χ0v) is 17.3. The lowest BCUT2D eigenvalue weighted by Gasteiger charge is -2.31. The lowest BCUT2D eigenvalue weighted by Crippen LogP contribution is -2.39. The average molecular weight is 418 g/mol. The van der Waals surface area contributed by atoms with Crippen LogP contribution in [0.25, 0.3) is 0 Å². The molecule has 1 heterocycles. The van der Waals surface area contributed by atoms with Crippen molar-refractivity contribution in [2.24, 2.45) is 5.92 Å². The molecule has 1 amide bonds. The van der Waals surface area contributed by atoms with Crippen molar-refractivity contribution >= 4 is 28.6 Å². The van der Waals surface area contributed by atoms with E-state index in [4.69, 9.17) is 8.84 Å². The molecule has 0 aromatic heterocycles. The highest BCUT2D eigenvalue weighted by molar-refractivity contribution is 7.74. The summed E-state index contributed by atoms with van der Waals surface area (Å²) in [5, 5.41) is 4.07. The second-order valence-corrected chi connectivity index (χ2v) is 7.88. The Labute approximate surface area is 174 Å². The first-order valence-electron chi connectivity index (χ1n) is 9.69. The molecule has 0 saturated carbocycles. The number of hydroxylamine groups is 1. The minimum Gasteiger partial charge on any atom is -0.325 e. The van der Waals surface area contributed by atoms with Crippen LogP contribution in [-0.4, -0.2) is 46.3 Å². The molecule has 1 aliphatic heterocycles. The fourth-order valence-electron chi connectivity index (χ4n) is 3.62. The van der Waals surface area contributed by atoms with Crippen molar-refractivity contribution in [2.45, 2.75) is 19.3 Å². The summed E-state index contributed by atoms with van der Waals surface area (Å²) in [6.07, 6.45) is 3.29. The van der Waals surface area contributed by atoms with E-state index >= 15 is 0 Å². The van der Waals surface area contributed by atoms with Crippen LogP contribution in [0.15, 0.2) is 54.6 Å². The Hall–Kier alpha value is -2.26. The summed E-state index contributed by atoms with van der Waals surface area (Å²) in [4.78, 5) is 14.6. The molecule has 2 aromatic carbocycles. The van der Waals surface area contributed by atoms with Gasteiger partial charge in [0.05, 0.1) is 12.2 Å². The second kappa shape index (κ2) is 10.5. The van der Waals surface area contributed by atoms with Crippen LogP contribution >= 0.6 is 0 Å². The number of anilines is 2. The van der Waals surface area contributed by atoms with Gasteiger partial charge in [0.25, 0.3) is 0 Å². The Kier molecular flexibility index (Phi) is 7.76. The Balaban J connectivity index is 1.45. The third-order valence-electron chi connectivity index (χ3n) is 5.11. The summed E-state index contributed by atoms with van der Waals surface area (Å²) < 4.78 is 24.3. The van der Waals surface area contributed by atoms with E-state index in [-0.39, 0.29) is 5.91 Å². The normalized spacial score (nSPS) is 16.3. The number of benzene rings is 2. The van der Waals surface area contributed by atoms with Crippen LogP contribution in [0.2, 0.25) is 0 Å². The van der Waals surface area contributed by atoms with Crippen LogP contribution in [-0.2, 0) is 26.9 Å². The second-order valence-electron chi connectivity index (χ2n) is 7.30. The Morgan fingerprint density at radius 3 is 2.62 bits per heavy atom. The van der Waals surface area contributed by atoms with Crippen molar-refractivity contribution in [3.05, 3.63) is 60.2 Å². The summed E-state index contributed by atoms with van der Waals surface area (Å²) in [6.45, 7) is 2.20. The van der Waals surface area contributed by atoms with E-state index < -0.39 is 11.4 Å². The highest BCUT2D eigenvalue weighted by Crippen LogP contribution is 2.22. The summed E-state index contributed by atoms with van der Waals surface area (Å²) in [7, 11) is 1.52. The number of hydrogen-bond acceptors (Lipinski definition) is 5. The van der Waals surface area contributed by atoms with Crippen LogP contribution in [0, 0.1) is 5.92 Å². The first kappa shape index (κ1) is 21.4. The number of rotatable bonds is 8. The molecule has 2 aromatic rings. The number of nitrogens with one attached hydrogen (secondary N) is 1. The number of piperidine rings is 1. The highest BCUT2D eigenvalue weighted by Gasteiger charge is 2.21. The predicted octanol–water partition coefficient (Wildman–Crippen LogP) is 3.08. The quantitative estimate of drug-likeness (QED) is 0.507. The molecule has 29 heavy (non-hydrogen) atoms. The van der Waals surface area contributed by atoms with Crippen molar-refractivity contribution in [2.75, 3.05) is 37.1 Å². The summed E-state index contributed by atoms with van der Waals surface area (Å²) in [5.74, 6) is 0.596. The molecule has 0 bridgehead atoms. The third kappa shape index (κ3) is 6.93. The molecule has 3 rings (SSSR count). The van der Waals surface area contributed by atoms with Crippen molar-refractivity contribution in [3.8, 4) is 0 Å². The van der Waals surface area contributed by atoms with E-state index in [9.17, 15) is 9.00 Å². The Morgan fingerprint density at radius 2 is 1.93 bits per heavy atom. The van der Waals surface area contributed by atoms with Crippen LogP contribution in [0.3, 0.4) is 0 Å². The van der Waals surface area contributed by atoms with Gasteiger partial charge in [0.15, 0.2) is 0 Å². The van der Waals surface area contributed by atoms with Crippen molar-refractivity contribution in [3.63, 3.8) is 0 Å². The lowest BCUT2D eigenvalue weighted by atomic mass is 9.90. The van der Waals surface area contributed by atoms with Gasteiger partial charge in [0.2, 0.25) is 5.91 Å². The van der Waals surface area contributed by atoms with Gasteiger partial charge >= 0.3 is 11.4 Å². The molecule has 0 aliphatic carbocycles. The number of likely N-dealkylation sites (tertiary alicyclic amines) is 1. The summed E-state index contributed by atoms with van der Waals surface area (Å²) >= 11 is -2.40. The van der Waals surface area contributed by atoms with Crippen LogP contribution < -0.4 is 10.4 Å². The van der Waals surface area contributed by atoms with Gasteiger partial charge in [0.1, 0.15) is 0 Å². The maximum atomic E-state index is 12.4. The van der Waals surface area contributed by atoms with Gasteiger partial charge in [-0.3, -0.25) is 14.2 Å². The van der Waals surface area contributed by atoms with Gasteiger partial charge in [-0.2, -0.15) is 4.21 Å². The molecule has 1 atom stereocenters. The first-order chi connectivity index (χ1) is 14.0. The zero-order valence-electron chi connectivity index (χ0n) is 16.5. The van der Waals surface area contributed by atoms with Crippen molar-refractivity contribution in [1.82, 2.24) is 4.90 Å². The fourth-order valence-corrected chi connectivity index (χ4v) is 3.90. The van der Waals surface area contributed by atoms with E-state index in [0.717, 1.165) is 32.4 Å². The topological polar surface area (TPSA) is 82.1 Å². The number of carbonyl (C=O) groups excluding carboxylic acids is 1. The molecule has 1 fully saturated rings. The van der Waals surface area contributed by atoms with E-state index in [0.29, 0.717) is 23.8 Å². The molecular formula is C21H27N3O4S. The number of nitrogens with zero attached hydrogens (tertiary/aromatic N) is 2. The Morgan fingerprint density at radius 1 is 1.21 bits per heavy atom. The fraction of sp³-hybridized carbons (Fsp3) is 0.381. The summed E-state index contributed by atoms with van der Waals surface area (Å²) in [5.41, 5.74) is 2.56. The third-order valence-corrected chi connectivity index (χ3v) is 5.46. The van der Waals surface area contributed by atoms with Crippen molar-refractivity contribution < 1.29 is 17.8 Å². The van der Waals surface area contributed by atoms with Crippen molar-refractivity contribution in [1.29, 1.82) is 0 Å². The minimum atomic E-state index is -2.40. The van der Waals surface area contributed by atoms with E-state index in [1.165, 1.54) is 17.7 Å². The van der Waals surface area contributed by atoms with E-state index in [1.807, 2.05) is 6.07 Å².